The summed E-state index contributed by atoms with van der Waals surface area (Å²) in [4.78, 5) is 20.4. The molecule has 0 bridgehead atoms. The zero-order valence-electron chi connectivity index (χ0n) is 13.5. The zero-order chi connectivity index (χ0) is 18.6. The van der Waals surface area contributed by atoms with E-state index < -0.39 is 17.6 Å². The quantitative estimate of drug-likeness (QED) is 0.765. The van der Waals surface area contributed by atoms with Crippen LogP contribution in [0.4, 0.5) is 13.2 Å². The summed E-state index contributed by atoms with van der Waals surface area (Å²) in [5.74, 6) is -0.474. The molecule has 0 fully saturated rings. The van der Waals surface area contributed by atoms with Gasteiger partial charge in [-0.05, 0) is 30.3 Å². The fourth-order valence-corrected chi connectivity index (χ4v) is 2.34. The number of nitrogens with one attached hydrogen (secondary N) is 1. The topological polar surface area (TPSA) is 54.9 Å². The van der Waals surface area contributed by atoms with Gasteiger partial charge in [0.15, 0.2) is 0 Å². The summed E-state index contributed by atoms with van der Waals surface area (Å²) >= 11 is 0. The number of carbonyl (C=O) groups excluding carboxylic acids is 1. The highest BCUT2D eigenvalue weighted by Crippen LogP contribution is 2.29. The average molecular weight is 357 g/mol. The number of aromatic nitrogens is 2. The molecule has 0 saturated carbocycles. The van der Waals surface area contributed by atoms with Crippen LogP contribution in [0.2, 0.25) is 0 Å². The van der Waals surface area contributed by atoms with Crippen molar-refractivity contribution in [2.75, 3.05) is 0 Å². The summed E-state index contributed by atoms with van der Waals surface area (Å²) in [5, 5.41) is 2.64. The molecule has 132 valence electrons. The largest absolute Gasteiger partial charge is 0.416 e. The Kier molecular flexibility index (Phi) is 4.97. The molecule has 26 heavy (non-hydrogen) atoms. The van der Waals surface area contributed by atoms with E-state index in [4.69, 9.17) is 0 Å². The zero-order valence-corrected chi connectivity index (χ0v) is 13.5. The molecule has 4 nitrogen and oxygen atoms in total. The molecule has 2 aromatic carbocycles. The fourth-order valence-electron chi connectivity index (χ4n) is 2.34. The van der Waals surface area contributed by atoms with E-state index in [1.165, 1.54) is 6.33 Å². The molecule has 0 aliphatic heterocycles. The molecule has 0 aliphatic carbocycles. The monoisotopic (exact) mass is 357 g/mol. The van der Waals surface area contributed by atoms with Gasteiger partial charge in [0.2, 0.25) is 0 Å². The minimum atomic E-state index is -4.43. The van der Waals surface area contributed by atoms with Crippen molar-refractivity contribution in [3.63, 3.8) is 0 Å². The normalized spacial score (nSPS) is 11.2. The molecule has 3 rings (SSSR count). The van der Waals surface area contributed by atoms with Gasteiger partial charge in [-0.1, -0.05) is 30.3 Å². The van der Waals surface area contributed by atoms with E-state index in [0.717, 1.165) is 35.5 Å². The standard InChI is InChI=1S/C19H14F3N3O/c20-19(21,22)15-8-6-14(7-9-15)18(26)23-11-16-10-17(25-12-24-16)13-4-2-1-3-5-13/h1-10,12H,11H2,(H,23,26). The summed E-state index contributed by atoms with van der Waals surface area (Å²) in [6.45, 7) is 0.141. The van der Waals surface area contributed by atoms with Crippen LogP contribution < -0.4 is 5.32 Å². The highest BCUT2D eigenvalue weighted by atomic mass is 19.4. The summed E-state index contributed by atoms with van der Waals surface area (Å²) in [5.41, 5.74) is 1.59. The molecule has 3 aromatic rings. The van der Waals surface area contributed by atoms with Gasteiger partial charge < -0.3 is 5.32 Å². The Bertz CT molecular complexity index is 894. The molecular weight excluding hydrogens is 343 g/mol. The maximum absolute atomic E-state index is 12.6. The highest BCUT2D eigenvalue weighted by molar-refractivity contribution is 5.94. The van der Waals surface area contributed by atoms with E-state index in [2.05, 4.69) is 15.3 Å². The number of rotatable bonds is 4. The number of amides is 1. The van der Waals surface area contributed by atoms with Gasteiger partial charge in [-0.3, -0.25) is 4.79 Å². The second-order valence-corrected chi connectivity index (χ2v) is 5.52. The summed E-state index contributed by atoms with van der Waals surface area (Å²) in [7, 11) is 0. The maximum Gasteiger partial charge on any atom is 0.416 e. The van der Waals surface area contributed by atoms with E-state index in [1.807, 2.05) is 30.3 Å². The molecule has 0 unspecified atom stereocenters. The molecule has 7 heteroatoms. The molecule has 0 aliphatic rings. The lowest BCUT2D eigenvalue weighted by Gasteiger charge is -2.08. The van der Waals surface area contributed by atoms with Crippen LogP contribution in [0.15, 0.2) is 67.0 Å². The Hall–Kier alpha value is -3.22. The molecule has 1 N–H and O–H groups in total. The molecule has 0 atom stereocenters. The lowest BCUT2D eigenvalue weighted by molar-refractivity contribution is -0.137. The number of benzene rings is 2. The first-order valence-corrected chi connectivity index (χ1v) is 7.75. The Morgan fingerprint density at radius 2 is 1.65 bits per heavy atom. The number of carbonyl (C=O) groups is 1. The number of alkyl halides is 3. The van der Waals surface area contributed by atoms with Crippen molar-refractivity contribution >= 4 is 5.91 Å². The lowest BCUT2D eigenvalue weighted by atomic mass is 10.1. The van der Waals surface area contributed by atoms with Crippen LogP contribution >= 0.6 is 0 Å². The van der Waals surface area contributed by atoms with Crippen molar-refractivity contribution in [2.24, 2.45) is 0 Å². The van der Waals surface area contributed by atoms with Gasteiger partial charge in [-0.25, -0.2) is 9.97 Å². The molecule has 0 radical (unpaired) electrons. The highest BCUT2D eigenvalue weighted by Gasteiger charge is 2.30. The second-order valence-electron chi connectivity index (χ2n) is 5.52. The first-order valence-electron chi connectivity index (χ1n) is 7.75. The molecule has 1 amide bonds. The van der Waals surface area contributed by atoms with E-state index in [1.54, 1.807) is 6.07 Å². The Morgan fingerprint density at radius 1 is 0.962 bits per heavy atom. The minimum absolute atomic E-state index is 0.141. The average Bonchev–Trinajstić information content (AvgIpc) is 2.66. The molecular formula is C19H14F3N3O. The third-order valence-electron chi connectivity index (χ3n) is 3.70. The maximum atomic E-state index is 12.6. The molecule has 1 heterocycles. The number of nitrogens with zero attached hydrogens (tertiary/aromatic N) is 2. The molecule has 1 aromatic heterocycles. The van der Waals surface area contributed by atoms with E-state index >= 15 is 0 Å². The van der Waals surface area contributed by atoms with Crippen LogP contribution in [0, 0.1) is 0 Å². The first kappa shape index (κ1) is 17.6. The Labute approximate surface area is 147 Å². The Balaban J connectivity index is 1.66. The van der Waals surface area contributed by atoms with Gasteiger partial charge in [-0.2, -0.15) is 13.2 Å². The second kappa shape index (κ2) is 7.35. The van der Waals surface area contributed by atoms with Crippen LogP contribution in [0.3, 0.4) is 0 Å². The van der Waals surface area contributed by atoms with Crippen LogP contribution in [0.1, 0.15) is 21.6 Å². The van der Waals surface area contributed by atoms with Crippen LogP contribution in [0.25, 0.3) is 11.3 Å². The van der Waals surface area contributed by atoms with Crippen molar-refractivity contribution in [3.8, 4) is 11.3 Å². The third-order valence-corrected chi connectivity index (χ3v) is 3.70. The SMILES string of the molecule is O=C(NCc1cc(-c2ccccc2)ncn1)c1ccc(C(F)(F)F)cc1. The van der Waals surface area contributed by atoms with E-state index in [0.29, 0.717) is 5.69 Å². The number of hydrogen-bond donors (Lipinski definition) is 1. The van der Waals surface area contributed by atoms with Gasteiger partial charge in [0.05, 0.1) is 23.5 Å². The summed E-state index contributed by atoms with van der Waals surface area (Å²) in [6, 6.07) is 15.3. The number of halogens is 3. The van der Waals surface area contributed by atoms with Crippen LogP contribution in [-0.4, -0.2) is 15.9 Å². The lowest BCUT2D eigenvalue weighted by Crippen LogP contribution is -2.23. The van der Waals surface area contributed by atoms with Crippen molar-refractivity contribution < 1.29 is 18.0 Å². The van der Waals surface area contributed by atoms with Crippen molar-refractivity contribution in [3.05, 3.63) is 83.8 Å². The van der Waals surface area contributed by atoms with Gasteiger partial charge in [0, 0.05) is 11.1 Å². The predicted molar refractivity (Wildman–Crippen MR) is 90.1 cm³/mol. The smallest absolute Gasteiger partial charge is 0.346 e. The van der Waals surface area contributed by atoms with Crippen molar-refractivity contribution in [1.82, 2.24) is 15.3 Å². The minimum Gasteiger partial charge on any atom is -0.346 e. The first-order chi connectivity index (χ1) is 12.4. The van der Waals surface area contributed by atoms with Gasteiger partial charge >= 0.3 is 6.18 Å². The van der Waals surface area contributed by atoms with Gasteiger partial charge in [-0.15, -0.1) is 0 Å². The summed E-state index contributed by atoms with van der Waals surface area (Å²) < 4.78 is 37.7. The van der Waals surface area contributed by atoms with Crippen molar-refractivity contribution in [1.29, 1.82) is 0 Å². The Morgan fingerprint density at radius 3 is 2.31 bits per heavy atom. The molecule has 0 saturated heterocycles. The van der Waals surface area contributed by atoms with Crippen molar-refractivity contribution in [2.45, 2.75) is 12.7 Å². The predicted octanol–water partition coefficient (Wildman–Crippen LogP) is 4.09. The third kappa shape index (κ3) is 4.24. The van der Waals surface area contributed by atoms with Gasteiger partial charge in [0.1, 0.15) is 6.33 Å². The van der Waals surface area contributed by atoms with Crippen LogP contribution in [0.5, 0.6) is 0 Å². The van der Waals surface area contributed by atoms with Crippen LogP contribution in [-0.2, 0) is 12.7 Å². The fraction of sp³-hybridized carbons (Fsp3) is 0.105. The number of hydrogen-bond acceptors (Lipinski definition) is 3. The summed E-state index contributed by atoms with van der Waals surface area (Å²) in [6.07, 6.45) is -3.02. The van der Waals surface area contributed by atoms with E-state index in [9.17, 15) is 18.0 Å². The van der Waals surface area contributed by atoms with E-state index in [-0.39, 0.29) is 12.1 Å². The molecule has 0 spiro atoms. The van der Waals surface area contributed by atoms with Gasteiger partial charge in [0.25, 0.3) is 5.91 Å².